The highest BCUT2D eigenvalue weighted by Crippen LogP contribution is 2.29. The third-order valence-corrected chi connectivity index (χ3v) is 3.25. The molecule has 0 spiro atoms. The van der Waals surface area contributed by atoms with E-state index in [1.165, 1.54) is 31.4 Å². The lowest BCUT2D eigenvalue weighted by Gasteiger charge is -2.17. The second-order valence-corrected chi connectivity index (χ2v) is 4.79. The zero-order valence-corrected chi connectivity index (χ0v) is 12.0. The number of carbonyl (C=O) groups excluding carboxylic acids is 1. The van der Waals surface area contributed by atoms with Gasteiger partial charge in [-0.1, -0.05) is 23.7 Å². The minimum Gasteiger partial charge on any atom is -0.495 e. The van der Waals surface area contributed by atoms with Gasteiger partial charge in [-0.05, 0) is 35.9 Å². The first kappa shape index (κ1) is 15.1. The molecule has 4 nitrogen and oxygen atoms in total. The van der Waals surface area contributed by atoms with Gasteiger partial charge in [-0.15, -0.1) is 0 Å². The summed E-state index contributed by atoms with van der Waals surface area (Å²) in [4.78, 5) is 11.6. The van der Waals surface area contributed by atoms with Crippen LogP contribution in [0, 0.1) is 5.82 Å². The number of halogens is 2. The molecule has 0 radical (unpaired) electrons. The van der Waals surface area contributed by atoms with E-state index in [9.17, 15) is 9.18 Å². The van der Waals surface area contributed by atoms with Crippen LogP contribution in [-0.2, 0) is 4.79 Å². The molecule has 0 aliphatic carbocycles. The molecular weight excluding hydrogens is 295 g/mol. The highest BCUT2D eigenvalue weighted by atomic mass is 35.5. The van der Waals surface area contributed by atoms with Gasteiger partial charge in [-0.25, -0.2) is 4.39 Å². The molecule has 0 aliphatic heterocycles. The molecule has 2 rings (SSSR count). The normalized spacial score (nSPS) is 11.8. The van der Waals surface area contributed by atoms with E-state index in [1.54, 1.807) is 18.2 Å². The van der Waals surface area contributed by atoms with Crippen LogP contribution in [0.1, 0.15) is 11.6 Å². The Labute approximate surface area is 126 Å². The van der Waals surface area contributed by atoms with Crippen molar-refractivity contribution in [3.63, 3.8) is 0 Å². The zero-order chi connectivity index (χ0) is 15.4. The van der Waals surface area contributed by atoms with Crippen LogP contribution in [0.5, 0.6) is 5.75 Å². The number of nitrogens with two attached hydrogens (primary N) is 1. The molecule has 2 aromatic carbocycles. The van der Waals surface area contributed by atoms with Crippen molar-refractivity contribution in [1.82, 2.24) is 0 Å². The fraction of sp³-hybridized carbons (Fsp3) is 0.133. The van der Waals surface area contributed by atoms with E-state index >= 15 is 0 Å². The van der Waals surface area contributed by atoms with E-state index in [-0.39, 0.29) is 5.82 Å². The molecule has 21 heavy (non-hydrogen) atoms. The number of rotatable bonds is 5. The van der Waals surface area contributed by atoms with Crippen molar-refractivity contribution in [2.75, 3.05) is 12.4 Å². The lowest BCUT2D eigenvalue weighted by atomic mass is 10.1. The minimum absolute atomic E-state index is 0.380. The number of anilines is 1. The Morgan fingerprint density at radius 1 is 1.29 bits per heavy atom. The number of primary amides is 1. The van der Waals surface area contributed by atoms with Gasteiger partial charge < -0.3 is 15.8 Å². The van der Waals surface area contributed by atoms with Gasteiger partial charge in [0, 0.05) is 5.69 Å². The maximum atomic E-state index is 12.9. The number of carbonyl (C=O) groups is 1. The third kappa shape index (κ3) is 3.64. The maximum absolute atomic E-state index is 12.9. The van der Waals surface area contributed by atoms with Gasteiger partial charge in [0.15, 0.2) is 0 Å². The second kappa shape index (κ2) is 6.45. The highest BCUT2D eigenvalue weighted by Gasteiger charge is 2.18. The van der Waals surface area contributed by atoms with Crippen molar-refractivity contribution < 1.29 is 13.9 Å². The van der Waals surface area contributed by atoms with E-state index < -0.39 is 11.9 Å². The van der Waals surface area contributed by atoms with Gasteiger partial charge in [0.25, 0.3) is 0 Å². The summed E-state index contributed by atoms with van der Waals surface area (Å²) in [6, 6.07) is 9.78. The summed E-state index contributed by atoms with van der Waals surface area (Å²) in [6.07, 6.45) is 0. The number of methoxy groups -OCH3 is 1. The fourth-order valence-corrected chi connectivity index (χ4v) is 2.15. The van der Waals surface area contributed by atoms with Crippen LogP contribution in [0.25, 0.3) is 0 Å². The first-order valence-electron chi connectivity index (χ1n) is 6.16. The van der Waals surface area contributed by atoms with Gasteiger partial charge >= 0.3 is 0 Å². The van der Waals surface area contributed by atoms with E-state index in [0.717, 1.165) is 0 Å². The Morgan fingerprint density at radius 2 is 1.95 bits per heavy atom. The molecule has 6 heteroatoms. The molecule has 0 aromatic heterocycles. The summed E-state index contributed by atoms with van der Waals surface area (Å²) in [5, 5.41) is 3.38. The highest BCUT2D eigenvalue weighted by molar-refractivity contribution is 6.32. The molecular formula is C15H14ClFN2O2. The van der Waals surface area contributed by atoms with Crippen LogP contribution in [0.2, 0.25) is 5.02 Å². The van der Waals surface area contributed by atoms with Crippen LogP contribution < -0.4 is 15.8 Å². The summed E-state index contributed by atoms with van der Waals surface area (Å²) >= 11 is 6.03. The zero-order valence-electron chi connectivity index (χ0n) is 11.3. The fourth-order valence-electron chi connectivity index (χ4n) is 1.90. The maximum Gasteiger partial charge on any atom is 0.244 e. The molecule has 0 bridgehead atoms. The lowest BCUT2D eigenvalue weighted by molar-refractivity contribution is -0.118. The van der Waals surface area contributed by atoms with Crippen LogP contribution in [0.3, 0.4) is 0 Å². The van der Waals surface area contributed by atoms with Gasteiger partial charge in [0.1, 0.15) is 17.6 Å². The predicted octanol–water partition coefficient (Wildman–Crippen LogP) is 3.13. The number of nitrogens with one attached hydrogen (secondary N) is 1. The van der Waals surface area contributed by atoms with E-state index in [1.807, 2.05) is 0 Å². The number of hydrogen-bond acceptors (Lipinski definition) is 3. The first-order chi connectivity index (χ1) is 10.0. The molecule has 2 aromatic rings. The Morgan fingerprint density at radius 3 is 2.48 bits per heavy atom. The predicted molar refractivity (Wildman–Crippen MR) is 80.0 cm³/mol. The summed E-state index contributed by atoms with van der Waals surface area (Å²) in [6.45, 7) is 0. The number of hydrogen-bond donors (Lipinski definition) is 2. The van der Waals surface area contributed by atoms with Crippen molar-refractivity contribution in [2.45, 2.75) is 6.04 Å². The van der Waals surface area contributed by atoms with E-state index in [0.29, 0.717) is 22.0 Å². The molecule has 0 heterocycles. The molecule has 1 unspecified atom stereocenters. The number of benzene rings is 2. The lowest BCUT2D eigenvalue weighted by Crippen LogP contribution is -2.27. The average molecular weight is 309 g/mol. The Balaban J connectivity index is 2.26. The summed E-state index contributed by atoms with van der Waals surface area (Å²) in [5.74, 6) is -0.428. The minimum atomic E-state index is -0.782. The topological polar surface area (TPSA) is 64.3 Å². The standard InChI is InChI=1S/C15H14ClFN2O2/c1-21-13-7-6-11(8-12(13)16)19-14(15(18)20)9-2-4-10(17)5-3-9/h2-8,14,19H,1H3,(H2,18,20). The third-order valence-electron chi connectivity index (χ3n) is 2.95. The molecule has 0 saturated heterocycles. The number of amides is 1. The van der Waals surface area contributed by atoms with Crippen molar-refractivity contribution in [3.8, 4) is 5.75 Å². The first-order valence-corrected chi connectivity index (χ1v) is 6.54. The van der Waals surface area contributed by atoms with Crippen LogP contribution in [-0.4, -0.2) is 13.0 Å². The van der Waals surface area contributed by atoms with Crippen LogP contribution in [0.4, 0.5) is 10.1 Å². The van der Waals surface area contributed by atoms with Gasteiger partial charge in [-0.3, -0.25) is 4.79 Å². The smallest absolute Gasteiger partial charge is 0.244 e. The number of ether oxygens (including phenoxy) is 1. The SMILES string of the molecule is COc1ccc(NC(C(N)=O)c2ccc(F)cc2)cc1Cl. The summed E-state index contributed by atoms with van der Waals surface area (Å²) in [5.41, 5.74) is 6.57. The molecule has 110 valence electrons. The van der Waals surface area contributed by atoms with Crippen molar-refractivity contribution in [2.24, 2.45) is 5.73 Å². The largest absolute Gasteiger partial charge is 0.495 e. The Hall–Kier alpha value is -2.27. The Kier molecular flexibility index (Phi) is 4.65. The van der Waals surface area contributed by atoms with Gasteiger partial charge in [0.05, 0.1) is 12.1 Å². The van der Waals surface area contributed by atoms with Crippen molar-refractivity contribution in [1.29, 1.82) is 0 Å². The van der Waals surface area contributed by atoms with Gasteiger partial charge in [0.2, 0.25) is 5.91 Å². The van der Waals surface area contributed by atoms with E-state index in [4.69, 9.17) is 22.1 Å². The summed E-state index contributed by atoms with van der Waals surface area (Å²) < 4.78 is 18.0. The molecule has 0 fully saturated rings. The molecule has 1 amide bonds. The second-order valence-electron chi connectivity index (χ2n) is 4.38. The van der Waals surface area contributed by atoms with Crippen LogP contribution in [0.15, 0.2) is 42.5 Å². The van der Waals surface area contributed by atoms with Gasteiger partial charge in [-0.2, -0.15) is 0 Å². The monoisotopic (exact) mass is 308 g/mol. The van der Waals surface area contributed by atoms with Crippen LogP contribution >= 0.6 is 11.6 Å². The van der Waals surface area contributed by atoms with Crippen molar-refractivity contribution >= 4 is 23.2 Å². The molecule has 0 saturated carbocycles. The molecule has 3 N–H and O–H groups in total. The van der Waals surface area contributed by atoms with E-state index in [2.05, 4.69) is 5.32 Å². The summed E-state index contributed by atoms with van der Waals surface area (Å²) in [7, 11) is 1.51. The quantitative estimate of drug-likeness (QED) is 0.892. The average Bonchev–Trinajstić information content (AvgIpc) is 2.46. The van der Waals surface area contributed by atoms with Crippen molar-refractivity contribution in [3.05, 3.63) is 58.9 Å². The molecule has 0 aliphatic rings. The Bertz CT molecular complexity index is 647. The molecule has 1 atom stereocenters.